The van der Waals surface area contributed by atoms with Crippen molar-refractivity contribution in [2.75, 3.05) is 19.5 Å². The van der Waals surface area contributed by atoms with E-state index in [0.717, 1.165) is 0 Å². The van der Waals surface area contributed by atoms with Gasteiger partial charge in [-0.3, -0.25) is 4.79 Å². The molecular formula is C14H16N2O4. The van der Waals surface area contributed by atoms with E-state index < -0.39 is 0 Å². The quantitative estimate of drug-likeness (QED) is 0.906. The van der Waals surface area contributed by atoms with Gasteiger partial charge in [-0.15, -0.1) is 0 Å². The second-order valence-electron chi connectivity index (χ2n) is 4.15. The van der Waals surface area contributed by atoms with Crippen LogP contribution in [0.2, 0.25) is 0 Å². The van der Waals surface area contributed by atoms with Crippen LogP contribution in [0.4, 0.5) is 5.69 Å². The van der Waals surface area contributed by atoms with E-state index in [1.165, 1.54) is 13.5 Å². The van der Waals surface area contributed by atoms with Crippen molar-refractivity contribution in [3.63, 3.8) is 0 Å². The zero-order valence-corrected chi connectivity index (χ0v) is 11.6. The molecule has 1 aromatic heterocycles. The summed E-state index contributed by atoms with van der Waals surface area (Å²) in [7, 11) is 3.10. The lowest BCUT2D eigenvalue weighted by molar-refractivity contribution is -0.115. The Labute approximate surface area is 116 Å². The van der Waals surface area contributed by atoms with Gasteiger partial charge in [0, 0.05) is 6.07 Å². The summed E-state index contributed by atoms with van der Waals surface area (Å²) < 4.78 is 15.5. The van der Waals surface area contributed by atoms with Gasteiger partial charge in [-0.25, -0.2) is 4.98 Å². The summed E-state index contributed by atoms with van der Waals surface area (Å²) >= 11 is 0. The van der Waals surface area contributed by atoms with E-state index in [4.69, 9.17) is 13.9 Å². The molecule has 0 saturated heterocycles. The molecule has 1 N–H and O–H groups in total. The van der Waals surface area contributed by atoms with E-state index in [2.05, 4.69) is 10.3 Å². The maximum atomic E-state index is 12.0. The van der Waals surface area contributed by atoms with E-state index >= 15 is 0 Å². The van der Waals surface area contributed by atoms with Crippen LogP contribution in [0, 0.1) is 6.92 Å². The summed E-state index contributed by atoms with van der Waals surface area (Å²) in [5.41, 5.74) is 1.26. The van der Waals surface area contributed by atoms with Crippen molar-refractivity contribution in [1.82, 2.24) is 4.98 Å². The number of carbonyl (C=O) groups is 1. The molecule has 0 aliphatic carbocycles. The maximum Gasteiger partial charge on any atom is 0.232 e. The largest absolute Gasteiger partial charge is 0.497 e. The van der Waals surface area contributed by atoms with Crippen LogP contribution in [0.5, 0.6) is 11.5 Å². The summed E-state index contributed by atoms with van der Waals surface area (Å²) in [6.45, 7) is 1.79. The number of methoxy groups -OCH3 is 2. The minimum absolute atomic E-state index is 0.117. The highest BCUT2D eigenvalue weighted by Gasteiger charge is 2.13. The van der Waals surface area contributed by atoms with Crippen molar-refractivity contribution >= 4 is 11.6 Å². The average Bonchev–Trinajstić information content (AvgIpc) is 2.84. The molecule has 6 nitrogen and oxygen atoms in total. The predicted molar refractivity (Wildman–Crippen MR) is 73.1 cm³/mol. The normalized spacial score (nSPS) is 10.2. The van der Waals surface area contributed by atoms with Gasteiger partial charge < -0.3 is 19.2 Å². The number of anilines is 1. The van der Waals surface area contributed by atoms with Gasteiger partial charge in [0.05, 0.1) is 32.0 Å². The number of ether oxygens (including phenoxy) is 2. The number of carbonyl (C=O) groups excluding carboxylic acids is 1. The van der Waals surface area contributed by atoms with Gasteiger partial charge in [-0.05, 0) is 19.1 Å². The van der Waals surface area contributed by atoms with Gasteiger partial charge in [0.25, 0.3) is 0 Å². The third-order valence-electron chi connectivity index (χ3n) is 2.85. The molecule has 0 aliphatic rings. The first-order chi connectivity index (χ1) is 9.63. The molecule has 0 spiro atoms. The fourth-order valence-corrected chi connectivity index (χ4v) is 1.75. The lowest BCUT2D eigenvalue weighted by Gasteiger charge is -2.11. The van der Waals surface area contributed by atoms with Crippen molar-refractivity contribution in [3.8, 4) is 11.5 Å². The number of oxazole rings is 1. The minimum atomic E-state index is -0.212. The summed E-state index contributed by atoms with van der Waals surface area (Å²) in [6.07, 6.45) is 1.44. The van der Waals surface area contributed by atoms with Crippen LogP contribution in [0.25, 0.3) is 0 Å². The number of aromatic nitrogens is 1. The van der Waals surface area contributed by atoms with E-state index in [-0.39, 0.29) is 12.3 Å². The second-order valence-corrected chi connectivity index (χ2v) is 4.15. The minimum Gasteiger partial charge on any atom is -0.497 e. The molecule has 0 atom stereocenters. The molecule has 1 heterocycles. The first-order valence-corrected chi connectivity index (χ1v) is 6.05. The lowest BCUT2D eigenvalue weighted by atomic mass is 10.2. The van der Waals surface area contributed by atoms with Gasteiger partial charge >= 0.3 is 0 Å². The van der Waals surface area contributed by atoms with E-state index in [9.17, 15) is 4.79 Å². The first kappa shape index (κ1) is 13.9. The zero-order valence-electron chi connectivity index (χ0n) is 11.6. The molecule has 2 rings (SSSR count). The smallest absolute Gasteiger partial charge is 0.232 e. The molecule has 106 valence electrons. The molecule has 0 aliphatic heterocycles. The van der Waals surface area contributed by atoms with Crippen molar-refractivity contribution in [2.24, 2.45) is 0 Å². The Morgan fingerprint density at radius 3 is 2.75 bits per heavy atom. The zero-order chi connectivity index (χ0) is 14.5. The van der Waals surface area contributed by atoms with E-state index in [0.29, 0.717) is 28.6 Å². The summed E-state index contributed by atoms with van der Waals surface area (Å²) in [6, 6.07) is 5.19. The van der Waals surface area contributed by atoms with E-state index in [1.54, 1.807) is 32.2 Å². The van der Waals surface area contributed by atoms with Crippen LogP contribution in [-0.2, 0) is 11.2 Å². The Kier molecular flexibility index (Phi) is 4.24. The maximum absolute atomic E-state index is 12.0. The second kappa shape index (κ2) is 6.10. The Morgan fingerprint density at radius 2 is 2.15 bits per heavy atom. The molecule has 0 bridgehead atoms. The summed E-state index contributed by atoms with van der Waals surface area (Å²) in [5, 5.41) is 2.77. The summed E-state index contributed by atoms with van der Waals surface area (Å²) in [5.74, 6) is 1.53. The molecule has 0 saturated carbocycles. The standard InChI is InChI=1S/C14H16N2O4/c1-9-13(20-8-15-9)7-14(17)16-11-6-10(18-2)4-5-12(11)19-3/h4-6,8H,7H2,1-3H3,(H,16,17). The van der Waals surface area contributed by atoms with Crippen molar-refractivity contribution in [2.45, 2.75) is 13.3 Å². The topological polar surface area (TPSA) is 73.6 Å². The molecule has 2 aromatic rings. The molecule has 1 amide bonds. The molecule has 1 aromatic carbocycles. The van der Waals surface area contributed by atoms with Crippen molar-refractivity contribution < 1.29 is 18.7 Å². The third-order valence-corrected chi connectivity index (χ3v) is 2.85. The van der Waals surface area contributed by atoms with Crippen LogP contribution >= 0.6 is 0 Å². The van der Waals surface area contributed by atoms with Gasteiger partial charge in [0.1, 0.15) is 17.3 Å². The molecule has 0 radical (unpaired) electrons. The predicted octanol–water partition coefficient (Wildman–Crippen LogP) is 2.18. The third kappa shape index (κ3) is 3.09. The van der Waals surface area contributed by atoms with E-state index in [1.807, 2.05) is 0 Å². The fraction of sp³-hybridized carbons (Fsp3) is 0.286. The SMILES string of the molecule is COc1ccc(OC)c(NC(=O)Cc2ocnc2C)c1. The van der Waals surface area contributed by atoms with Crippen LogP contribution < -0.4 is 14.8 Å². The number of benzene rings is 1. The lowest BCUT2D eigenvalue weighted by Crippen LogP contribution is -2.15. The molecule has 0 unspecified atom stereocenters. The van der Waals surface area contributed by atoms with Crippen molar-refractivity contribution in [3.05, 3.63) is 36.0 Å². The van der Waals surface area contributed by atoms with Crippen LogP contribution in [0.15, 0.2) is 29.0 Å². The Bertz CT molecular complexity index is 607. The van der Waals surface area contributed by atoms with Gasteiger partial charge in [-0.1, -0.05) is 0 Å². The highest BCUT2D eigenvalue weighted by atomic mass is 16.5. The van der Waals surface area contributed by atoms with Crippen molar-refractivity contribution in [1.29, 1.82) is 0 Å². The van der Waals surface area contributed by atoms with Gasteiger partial charge in [-0.2, -0.15) is 0 Å². The average molecular weight is 276 g/mol. The molecule has 20 heavy (non-hydrogen) atoms. The number of nitrogens with zero attached hydrogens (tertiary/aromatic N) is 1. The number of hydrogen-bond acceptors (Lipinski definition) is 5. The van der Waals surface area contributed by atoms with Crippen LogP contribution in [-0.4, -0.2) is 25.1 Å². The Balaban J connectivity index is 2.12. The van der Waals surface area contributed by atoms with Crippen LogP contribution in [0.3, 0.4) is 0 Å². The van der Waals surface area contributed by atoms with Gasteiger partial charge in [0.15, 0.2) is 6.39 Å². The Hall–Kier alpha value is -2.50. The molecular weight excluding hydrogens is 260 g/mol. The summed E-state index contributed by atoms with van der Waals surface area (Å²) in [4.78, 5) is 16.0. The van der Waals surface area contributed by atoms with Crippen LogP contribution in [0.1, 0.15) is 11.5 Å². The fourth-order valence-electron chi connectivity index (χ4n) is 1.75. The number of aryl methyl sites for hydroxylation is 1. The number of rotatable bonds is 5. The molecule has 0 fully saturated rings. The highest BCUT2D eigenvalue weighted by molar-refractivity contribution is 5.93. The Morgan fingerprint density at radius 1 is 1.35 bits per heavy atom. The first-order valence-electron chi connectivity index (χ1n) is 6.05. The number of amides is 1. The van der Waals surface area contributed by atoms with Gasteiger partial charge in [0.2, 0.25) is 5.91 Å². The number of nitrogens with one attached hydrogen (secondary N) is 1. The monoisotopic (exact) mass is 276 g/mol. The number of hydrogen-bond donors (Lipinski definition) is 1. The highest BCUT2D eigenvalue weighted by Crippen LogP contribution is 2.29. The molecule has 6 heteroatoms.